The van der Waals surface area contributed by atoms with Crippen molar-refractivity contribution in [3.05, 3.63) is 36.3 Å². The molecule has 0 atom stereocenters. The molecule has 1 aliphatic heterocycles. The zero-order valence-corrected chi connectivity index (χ0v) is 12.0. The SMILES string of the molecule is Cc1[nH]cnc1-c1ccc(NC(=O)C2=NNC(=O)CC2)cc1. The van der Waals surface area contributed by atoms with Crippen molar-refractivity contribution in [2.45, 2.75) is 19.8 Å². The predicted molar refractivity (Wildman–Crippen MR) is 82.2 cm³/mol. The summed E-state index contributed by atoms with van der Waals surface area (Å²) in [6.45, 7) is 1.95. The second-order valence-electron chi connectivity index (χ2n) is 5.00. The predicted octanol–water partition coefficient (Wildman–Crippen LogP) is 1.59. The van der Waals surface area contributed by atoms with Crippen molar-refractivity contribution in [3.8, 4) is 11.3 Å². The number of imidazole rings is 1. The van der Waals surface area contributed by atoms with Crippen molar-refractivity contribution in [1.29, 1.82) is 0 Å². The van der Waals surface area contributed by atoms with E-state index in [2.05, 4.69) is 25.8 Å². The van der Waals surface area contributed by atoms with E-state index in [1.54, 1.807) is 6.33 Å². The molecule has 7 heteroatoms. The second kappa shape index (κ2) is 5.80. The summed E-state index contributed by atoms with van der Waals surface area (Å²) in [5.41, 5.74) is 6.15. The normalized spacial score (nSPS) is 14.2. The van der Waals surface area contributed by atoms with Gasteiger partial charge < -0.3 is 10.3 Å². The number of aromatic nitrogens is 2. The summed E-state index contributed by atoms with van der Waals surface area (Å²) in [6, 6.07) is 7.40. The number of carbonyl (C=O) groups is 2. The standard InChI is InChI=1S/C15H15N5O2/c1-9-14(17-8-16-9)10-2-4-11(5-3-10)18-15(22)12-6-7-13(21)20-19-12/h2-5,8H,6-7H2,1H3,(H,16,17)(H,18,22)(H,20,21). The van der Waals surface area contributed by atoms with Crippen LogP contribution in [0.3, 0.4) is 0 Å². The van der Waals surface area contributed by atoms with Crippen LogP contribution in [0, 0.1) is 6.92 Å². The second-order valence-corrected chi connectivity index (χ2v) is 5.00. The van der Waals surface area contributed by atoms with E-state index in [4.69, 9.17) is 0 Å². The molecule has 2 amide bonds. The third kappa shape index (κ3) is 2.88. The highest BCUT2D eigenvalue weighted by Crippen LogP contribution is 2.21. The fraction of sp³-hybridized carbons (Fsp3) is 0.200. The van der Waals surface area contributed by atoms with Crippen LogP contribution in [0.2, 0.25) is 0 Å². The molecule has 1 aromatic heterocycles. The van der Waals surface area contributed by atoms with E-state index >= 15 is 0 Å². The van der Waals surface area contributed by atoms with Crippen LogP contribution in [0.25, 0.3) is 11.3 Å². The molecule has 7 nitrogen and oxygen atoms in total. The first-order valence-corrected chi connectivity index (χ1v) is 6.90. The van der Waals surface area contributed by atoms with Gasteiger partial charge in [0.1, 0.15) is 5.71 Å². The van der Waals surface area contributed by atoms with Gasteiger partial charge in [0.2, 0.25) is 5.91 Å². The Labute approximate surface area is 126 Å². The highest BCUT2D eigenvalue weighted by atomic mass is 16.2. The van der Waals surface area contributed by atoms with E-state index < -0.39 is 0 Å². The molecule has 3 rings (SSSR count). The molecule has 22 heavy (non-hydrogen) atoms. The lowest BCUT2D eigenvalue weighted by Crippen LogP contribution is -2.32. The van der Waals surface area contributed by atoms with Crippen LogP contribution in [-0.4, -0.2) is 27.5 Å². The first kappa shape index (κ1) is 14.0. The third-order valence-corrected chi connectivity index (χ3v) is 3.41. The van der Waals surface area contributed by atoms with Crippen molar-refractivity contribution in [2.24, 2.45) is 5.10 Å². The van der Waals surface area contributed by atoms with Crippen LogP contribution in [0.15, 0.2) is 35.7 Å². The monoisotopic (exact) mass is 297 g/mol. The summed E-state index contributed by atoms with van der Waals surface area (Å²) >= 11 is 0. The first-order chi connectivity index (χ1) is 10.6. The molecule has 0 saturated heterocycles. The van der Waals surface area contributed by atoms with Crippen molar-refractivity contribution < 1.29 is 9.59 Å². The number of amides is 2. The van der Waals surface area contributed by atoms with Crippen LogP contribution >= 0.6 is 0 Å². The minimum atomic E-state index is -0.302. The third-order valence-electron chi connectivity index (χ3n) is 3.41. The molecular formula is C15H15N5O2. The maximum Gasteiger partial charge on any atom is 0.271 e. The zero-order valence-electron chi connectivity index (χ0n) is 12.0. The number of H-pyrrole nitrogens is 1. The van der Waals surface area contributed by atoms with Crippen LogP contribution < -0.4 is 10.7 Å². The lowest BCUT2D eigenvalue weighted by Gasteiger charge is -2.12. The number of aryl methyl sites for hydroxylation is 1. The zero-order chi connectivity index (χ0) is 15.5. The highest BCUT2D eigenvalue weighted by molar-refractivity contribution is 6.43. The fourth-order valence-corrected chi connectivity index (χ4v) is 2.20. The number of benzene rings is 1. The number of hydrogen-bond donors (Lipinski definition) is 3. The number of nitrogens with one attached hydrogen (secondary N) is 3. The summed E-state index contributed by atoms with van der Waals surface area (Å²) in [6.07, 6.45) is 2.28. The average molecular weight is 297 g/mol. The molecule has 1 aliphatic rings. The smallest absolute Gasteiger partial charge is 0.271 e. The minimum Gasteiger partial charge on any atom is -0.348 e. The number of hydrogen-bond acceptors (Lipinski definition) is 4. The maximum atomic E-state index is 12.0. The molecule has 0 saturated carbocycles. The van der Waals surface area contributed by atoms with Crippen LogP contribution in [0.5, 0.6) is 0 Å². The Morgan fingerprint density at radius 3 is 2.59 bits per heavy atom. The Kier molecular flexibility index (Phi) is 3.69. The Hall–Kier alpha value is -2.96. The number of nitrogens with zero attached hydrogens (tertiary/aromatic N) is 2. The van der Waals surface area contributed by atoms with Crippen LogP contribution in [-0.2, 0) is 9.59 Å². The van der Waals surface area contributed by atoms with Gasteiger partial charge in [0.15, 0.2) is 0 Å². The van der Waals surface area contributed by atoms with Crippen LogP contribution in [0.1, 0.15) is 18.5 Å². The van der Waals surface area contributed by atoms with Gasteiger partial charge in [-0.05, 0) is 19.1 Å². The van der Waals surface area contributed by atoms with Gasteiger partial charge in [-0.3, -0.25) is 9.59 Å². The number of rotatable bonds is 3. The summed E-state index contributed by atoms with van der Waals surface area (Å²) in [5.74, 6) is -0.473. The van der Waals surface area contributed by atoms with E-state index in [1.165, 1.54) is 0 Å². The average Bonchev–Trinajstić information content (AvgIpc) is 2.95. The number of aromatic amines is 1. The van der Waals surface area contributed by atoms with Gasteiger partial charge in [-0.2, -0.15) is 5.10 Å². The number of carbonyl (C=O) groups excluding carboxylic acids is 2. The molecule has 2 aromatic rings. The molecule has 0 bridgehead atoms. The van der Waals surface area contributed by atoms with E-state index in [9.17, 15) is 9.59 Å². The van der Waals surface area contributed by atoms with Crippen molar-refractivity contribution in [1.82, 2.24) is 15.4 Å². The Balaban J connectivity index is 1.70. The molecule has 0 aliphatic carbocycles. The quantitative estimate of drug-likeness (QED) is 0.802. The maximum absolute atomic E-state index is 12.0. The van der Waals surface area contributed by atoms with Gasteiger partial charge in [-0.1, -0.05) is 12.1 Å². The first-order valence-electron chi connectivity index (χ1n) is 6.90. The van der Waals surface area contributed by atoms with Crippen molar-refractivity contribution in [3.63, 3.8) is 0 Å². The molecule has 0 unspecified atom stereocenters. The summed E-state index contributed by atoms with van der Waals surface area (Å²) in [7, 11) is 0. The fourth-order valence-electron chi connectivity index (χ4n) is 2.20. The van der Waals surface area contributed by atoms with Gasteiger partial charge in [-0.25, -0.2) is 10.4 Å². The Morgan fingerprint density at radius 1 is 1.23 bits per heavy atom. The van der Waals surface area contributed by atoms with E-state index in [-0.39, 0.29) is 18.2 Å². The molecule has 3 N–H and O–H groups in total. The van der Waals surface area contributed by atoms with Gasteiger partial charge in [-0.15, -0.1) is 0 Å². The van der Waals surface area contributed by atoms with E-state index in [0.717, 1.165) is 17.0 Å². The topological polar surface area (TPSA) is 99.2 Å². The molecule has 0 spiro atoms. The summed E-state index contributed by atoms with van der Waals surface area (Å²) < 4.78 is 0. The Morgan fingerprint density at radius 2 is 2.00 bits per heavy atom. The van der Waals surface area contributed by atoms with Crippen molar-refractivity contribution in [2.75, 3.05) is 5.32 Å². The number of hydrazone groups is 1. The van der Waals surface area contributed by atoms with Crippen LogP contribution in [0.4, 0.5) is 5.69 Å². The van der Waals surface area contributed by atoms with Gasteiger partial charge in [0, 0.05) is 29.8 Å². The molecule has 112 valence electrons. The Bertz CT molecular complexity index is 746. The largest absolute Gasteiger partial charge is 0.348 e. The summed E-state index contributed by atoms with van der Waals surface area (Å²) in [4.78, 5) is 30.3. The number of anilines is 1. The molecule has 0 fully saturated rings. The molecular weight excluding hydrogens is 282 g/mol. The van der Waals surface area contributed by atoms with E-state index in [0.29, 0.717) is 17.8 Å². The summed E-state index contributed by atoms with van der Waals surface area (Å²) in [5, 5.41) is 6.53. The molecule has 0 radical (unpaired) electrons. The lowest BCUT2D eigenvalue weighted by atomic mass is 10.1. The molecule has 2 heterocycles. The lowest BCUT2D eigenvalue weighted by molar-refractivity contribution is -0.121. The van der Waals surface area contributed by atoms with Gasteiger partial charge >= 0.3 is 0 Å². The highest BCUT2D eigenvalue weighted by Gasteiger charge is 2.18. The molecule has 1 aromatic carbocycles. The minimum absolute atomic E-state index is 0.171. The van der Waals surface area contributed by atoms with E-state index in [1.807, 2.05) is 31.2 Å². The van der Waals surface area contributed by atoms with Crippen molar-refractivity contribution >= 4 is 23.2 Å². The van der Waals surface area contributed by atoms with Gasteiger partial charge in [0.05, 0.1) is 12.0 Å². The van der Waals surface area contributed by atoms with Gasteiger partial charge in [0.25, 0.3) is 5.91 Å².